The Labute approximate surface area is 234 Å². The van der Waals surface area contributed by atoms with Crippen LogP contribution >= 0.6 is 12.4 Å². The Morgan fingerprint density at radius 3 is 1.79 bits per heavy atom. The van der Waals surface area contributed by atoms with Gasteiger partial charge in [-0.1, -0.05) is 55.5 Å². The van der Waals surface area contributed by atoms with E-state index in [0.29, 0.717) is 12.5 Å². The highest BCUT2D eigenvalue weighted by atomic mass is 35.5. The number of carbonyl (C=O) groups excluding carboxylic acids is 1. The van der Waals surface area contributed by atoms with E-state index in [1.807, 2.05) is 30.0 Å². The van der Waals surface area contributed by atoms with Gasteiger partial charge in [0, 0.05) is 37.8 Å². The topological polar surface area (TPSA) is 156 Å². The third-order valence-electron chi connectivity index (χ3n) is 6.37. The maximum atomic E-state index is 12.5. The molecule has 11 heteroatoms. The van der Waals surface area contributed by atoms with Crippen molar-refractivity contribution in [3.63, 3.8) is 0 Å². The number of piperidine rings is 1. The van der Waals surface area contributed by atoms with E-state index in [1.54, 1.807) is 0 Å². The van der Waals surface area contributed by atoms with Crippen LogP contribution in [-0.4, -0.2) is 80.4 Å². The lowest BCUT2D eigenvalue weighted by molar-refractivity contribution is -0.170. The summed E-state index contributed by atoms with van der Waals surface area (Å²) >= 11 is 0. The van der Waals surface area contributed by atoms with Crippen LogP contribution in [-0.2, 0) is 25.6 Å². The summed E-state index contributed by atoms with van der Waals surface area (Å²) in [4.78, 5) is 47.6. The molecule has 2 aromatic rings. The molecule has 1 fully saturated rings. The average molecular weight is 565 g/mol. The second-order valence-electron chi connectivity index (χ2n) is 9.24. The number of nitrogens with zero attached hydrogens (tertiary/aromatic N) is 2. The molecule has 214 valence electrons. The Balaban J connectivity index is 0.000000466. The van der Waals surface area contributed by atoms with Crippen LogP contribution in [0.1, 0.15) is 44.6 Å². The lowest BCUT2D eigenvalue weighted by Crippen LogP contribution is -2.47. The SMILES string of the molecule is CCC(=O)N(c1ccccc1)C1CCN(CCc2ccccc2)CC1.Cl.O=C(O)CC(O)(CC(=O)O)C(=O)O. The van der Waals surface area contributed by atoms with E-state index in [0.717, 1.165) is 44.6 Å². The van der Waals surface area contributed by atoms with Gasteiger partial charge in [0.25, 0.3) is 0 Å². The molecule has 1 heterocycles. The number of anilines is 1. The van der Waals surface area contributed by atoms with Crippen LogP contribution in [0.2, 0.25) is 0 Å². The number of rotatable bonds is 11. The minimum Gasteiger partial charge on any atom is -0.481 e. The molecule has 1 amide bonds. The van der Waals surface area contributed by atoms with E-state index in [1.165, 1.54) is 5.56 Å². The molecule has 39 heavy (non-hydrogen) atoms. The number of aliphatic hydroxyl groups is 1. The zero-order chi connectivity index (χ0) is 28.1. The Morgan fingerprint density at radius 1 is 0.872 bits per heavy atom. The van der Waals surface area contributed by atoms with Crippen molar-refractivity contribution in [1.82, 2.24) is 4.90 Å². The summed E-state index contributed by atoms with van der Waals surface area (Å²) in [7, 11) is 0. The van der Waals surface area contributed by atoms with E-state index in [4.69, 9.17) is 20.4 Å². The predicted octanol–water partition coefficient (Wildman–Crippen LogP) is 3.31. The molecule has 0 radical (unpaired) electrons. The molecular weight excluding hydrogens is 528 g/mol. The maximum Gasteiger partial charge on any atom is 0.336 e. The number of hydrogen-bond acceptors (Lipinski definition) is 6. The van der Waals surface area contributed by atoms with Crippen molar-refractivity contribution in [2.24, 2.45) is 0 Å². The first kappa shape index (κ1) is 33.6. The Morgan fingerprint density at radius 2 is 1.36 bits per heavy atom. The summed E-state index contributed by atoms with van der Waals surface area (Å²) in [6, 6.07) is 21.1. The zero-order valence-electron chi connectivity index (χ0n) is 21.9. The molecule has 0 aliphatic carbocycles. The normalized spacial score (nSPS) is 13.8. The summed E-state index contributed by atoms with van der Waals surface area (Å²) in [6.07, 6.45) is 1.47. The summed E-state index contributed by atoms with van der Waals surface area (Å²) in [5, 5.41) is 33.8. The van der Waals surface area contributed by atoms with Crippen molar-refractivity contribution in [1.29, 1.82) is 0 Å². The quantitative estimate of drug-likeness (QED) is 0.321. The molecule has 4 N–H and O–H groups in total. The molecule has 1 aliphatic rings. The molecule has 10 nitrogen and oxygen atoms in total. The fourth-order valence-electron chi connectivity index (χ4n) is 4.36. The number of aliphatic carboxylic acids is 3. The molecule has 0 spiro atoms. The number of hydrogen-bond donors (Lipinski definition) is 4. The molecule has 1 saturated heterocycles. The van der Waals surface area contributed by atoms with E-state index in [2.05, 4.69) is 47.4 Å². The summed E-state index contributed by atoms with van der Waals surface area (Å²) in [6.45, 7) is 5.19. The molecule has 2 aromatic carbocycles. The lowest BCUT2D eigenvalue weighted by Gasteiger charge is -2.38. The minimum absolute atomic E-state index is 0. The zero-order valence-corrected chi connectivity index (χ0v) is 22.8. The highest BCUT2D eigenvalue weighted by Crippen LogP contribution is 2.24. The molecule has 0 aromatic heterocycles. The third-order valence-corrected chi connectivity index (χ3v) is 6.37. The van der Waals surface area contributed by atoms with Crippen LogP contribution in [0.5, 0.6) is 0 Å². The van der Waals surface area contributed by atoms with Gasteiger partial charge in [-0.3, -0.25) is 14.4 Å². The lowest BCUT2D eigenvalue weighted by atomic mass is 9.96. The molecule has 0 saturated carbocycles. The number of carbonyl (C=O) groups is 4. The van der Waals surface area contributed by atoms with Crippen LogP contribution in [0, 0.1) is 0 Å². The monoisotopic (exact) mass is 564 g/mol. The van der Waals surface area contributed by atoms with Crippen molar-refractivity contribution in [3.8, 4) is 0 Å². The van der Waals surface area contributed by atoms with Crippen LogP contribution in [0.4, 0.5) is 5.69 Å². The molecule has 0 bridgehead atoms. The molecule has 3 rings (SSSR count). The van der Waals surface area contributed by atoms with Gasteiger partial charge in [0.15, 0.2) is 5.60 Å². The maximum absolute atomic E-state index is 12.5. The van der Waals surface area contributed by atoms with Crippen molar-refractivity contribution >= 4 is 41.9 Å². The highest BCUT2D eigenvalue weighted by molar-refractivity contribution is 5.93. The van der Waals surface area contributed by atoms with E-state index >= 15 is 0 Å². The number of halogens is 1. The van der Waals surface area contributed by atoms with Crippen LogP contribution < -0.4 is 4.90 Å². The molecule has 0 atom stereocenters. The average Bonchev–Trinajstić information content (AvgIpc) is 2.89. The van der Waals surface area contributed by atoms with Gasteiger partial charge in [0.1, 0.15) is 0 Å². The van der Waals surface area contributed by atoms with Crippen LogP contribution in [0.25, 0.3) is 0 Å². The van der Waals surface area contributed by atoms with Gasteiger partial charge in [-0.05, 0) is 37.0 Å². The van der Waals surface area contributed by atoms with Gasteiger partial charge < -0.3 is 30.2 Å². The Kier molecular flexibility index (Phi) is 14.2. The van der Waals surface area contributed by atoms with Crippen LogP contribution in [0.15, 0.2) is 60.7 Å². The van der Waals surface area contributed by atoms with E-state index in [9.17, 15) is 19.2 Å². The Hall–Kier alpha value is -3.47. The smallest absolute Gasteiger partial charge is 0.336 e. The van der Waals surface area contributed by atoms with Gasteiger partial charge in [-0.2, -0.15) is 0 Å². The molecule has 0 unspecified atom stereocenters. The van der Waals surface area contributed by atoms with Gasteiger partial charge in [-0.25, -0.2) is 4.79 Å². The molecule has 1 aliphatic heterocycles. The number of para-hydroxylation sites is 1. The second kappa shape index (κ2) is 16.5. The van der Waals surface area contributed by atoms with Gasteiger partial charge in [0.05, 0.1) is 12.8 Å². The number of carboxylic acid groups (broad SMARTS) is 3. The van der Waals surface area contributed by atoms with Crippen molar-refractivity contribution in [3.05, 3.63) is 66.2 Å². The number of carboxylic acids is 3. The summed E-state index contributed by atoms with van der Waals surface area (Å²) < 4.78 is 0. The first-order valence-corrected chi connectivity index (χ1v) is 12.6. The first-order chi connectivity index (χ1) is 18.1. The van der Waals surface area contributed by atoms with Crippen molar-refractivity contribution in [2.75, 3.05) is 24.5 Å². The largest absolute Gasteiger partial charge is 0.481 e. The van der Waals surface area contributed by atoms with Gasteiger partial charge in [0.2, 0.25) is 5.91 Å². The third kappa shape index (κ3) is 11.0. The van der Waals surface area contributed by atoms with Crippen molar-refractivity contribution < 1.29 is 39.6 Å². The first-order valence-electron chi connectivity index (χ1n) is 12.6. The fourth-order valence-corrected chi connectivity index (χ4v) is 4.36. The predicted molar refractivity (Wildman–Crippen MR) is 148 cm³/mol. The summed E-state index contributed by atoms with van der Waals surface area (Å²) in [5.74, 6) is -4.79. The summed E-state index contributed by atoms with van der Waals surface area (Å²) in [5.41, 5.74) is -0.300. The van der Waals surface area contributed by atoms with E-state index in [-0.39, 0.29) is 18.3 Å². The highest BCUT2D eigenvalue weighted by Gasteiger charge is 2.40. The van der Waals surface area contributed by atoms with Crippen molar-refractivity contribution in [2.45, 2.75) is 57.1 Å². The minimum atomic E-state index is -2.74. The fraction of sp³-hybridized carbons (Fsp3) is 0.429. The number of likely N-dealkylation sites (tertiary alicyclic amines) is 1. The molecular formula is C28H37ClN2O8. The standard InChI is InChI=1S/C22H28N2O.C6H8O7.ClH/c1-2-22(25)24(20-11-7-4-8-12-20)21-14-17-23(18-15-21)16-13-19-9-5-3-6-10-19;7-3(8)1-6(13,5(11)12)2-4(9)10;/h3-12,21H,2,13-18H2,1H3;13H,1-2H2,(H,7,8)(H,9,10)(H,11,12);1H. The van der Waals surface area contributed by atoms with Gasteiger partial charge >= 0.3 is 17.9 Å². The number of amides is 1. The number of benzene rings is 2. The van der Waals surface area contributed by atoms with E-state index < -0.39 is 36.4 Å². The second-order valence-corrected chi connectivity index (χ2v) is 9.24. The van der Waals surface area contributed by atoms with Gasteiger partial charge in [-0.15, -0.1) is 12.4 Å². The Bertz CT molecular complexity index is 1040. The van der Waals surface area contributed by atoms with Crippen LogP contribution in [0.3, 0.4) is 0 Å².